The van der Waals surface area contributed by atoms with Gasteiger partial charge < -0.3 is 15.0 Å². The standard InChI is InChI=1S/C28H25FN2O2/c1-33-26-15-9-8-14-25(26)30-28(32)31(20-21-16-18-24(29)19-17-21)27(22-10-4-2-5-11-22)23-12-6-3-7-13-23/h2-19,27H,20H2,1H3,(H,30,32). The highest BCUT2D eigenvalue weighted by Gasteiger charge is 2.27. The normalized spacial score (nSPS) is 10.6. The van der Waals surface area contributed by atoms with Gasteiger partial charge in [-0.1, -0.05) is 84.9 Å². The van der Waals surface area contributed by atoms with Gasteiger partial charge in [-0.15, -0.1) is 0 Å². The lowest BCUT2D eigenvalue weighted by Gasteiger charge is -2.33. The highest BCUT2D eigenvalue weighted by atomic mass is 19.1. The molecule has 4 rings (SSSR count). The Morgan fingerprint density at radius 3 is 1.94 bits per heavy atom. The third-order valence-electron chi connectivity index (χ3n) is 5.42. The Morgan fingerprint density at radius 1 is 0.818 bits per heavy atom. The number of hydrogen-bond acceptors (Lipinski definition) is 2. The number of rotatable bonds is 7. The smallest absolute Gasteiger partial charge is 0.323 e. The van der Waals surface area contributed by atoms with Crippen LogP contribution < -0.4 is 10.1 Å². The quantitative estimate of drug-likeness (QED) is 0.349. The van der Waals surface area contributed by atoms with Gasteiger partial charge in [0.25, 0.3) is 0 Å². The number of carbonyl (C=O) groups excluding carboxylic acids is 1. The van der Waals surface area contributed by atoms with Gasteiger partial charge in [-0.3, -0.25) is 0 Å². The van der Waals surface area contributed by atoms with Crippen LogP contribution in [-0.2, 0) is 6.54 Å². The van der Waals surface area contributed by atoms with Gasteiger partial charge in [0.15, 0.2) is 0 Å². The molecule has 4 aromatic carbocycles. The zero-order valence-electron chi connectivity index (χ0n) is 18.3. The first-order valence-corrected chi connectivity index (χ1v) is 10.7. The van der Waals surface area contributed by atoms with Gasteiger partial charge in [0.1, 0.15) is 11.6 Å². The minimum absolute atomic E-state index is 0.287. The van der Waals surface area contributed by atoms with Crippen LogP contribution in [0.4, 0.5) is 14.9 Å². The summed E-state index contributed by atoms with van der Waals surface area (Å²) < 4.78 is 18.9. The van der Waals surface area contributed by atoms with Crippen LogP contribution in [0.2, 0.25) is 0 Å². The molecule has 0 saturated heterocycles. The van der Waals surface area contributed by atoms with Crippen molar-refractivity contribution in [2.75, 3.05) is 12.4 Å². The molecular formula is C28H25FN2O2. The van der Waals surface area contributed by atoms with Crippen LogP contribution in [-0.4, -0.2) is 18.0 Å². The highest BCUT2D eigenvalue weighted by Crippen LogP contribution is 2.32. The SMILES string of the molecule is COc1ccccc1NC(=O)N(Cc1ccc(F)cc1)C(c1ccccc1)c1ccccc1. The molecule has 0 atom stereocenters. The first kappa shape index (κ1) is 22.1. The topological polar surface area (TPSA) is 41.6 Å². The van der Waals surface area contributed by atoms with Crippen molar-refractivity contribution in [3.63, 3.8) is 0 Å². The number of para-hydroxylation sites is 2. The largest absolute Gasteiger partial charge is 0.495 e. The molecule has 5 heteroatoms. The van der Waals surface area contributed by atoms with E-state index in [2.05, 4.69) is 5.32 Å². The third kappa shape index (κ3) is 5.39. The molecule has 0 aliphatic heterocycles. The second kappa shape index (κ2) is 10.5. The molecule has 33 heavy (non-hydrogen) atoms. The van der Waals surface area contributed by atoms with Gasteiger partial charge in [-0.25, -0.2) is 9.18 Å². The minimum Gasteiger partial charge on any atom is -0.495 e. The Hall–Kier alpha value is -4.12. The summed E-state index contributed by atoms with van der Waals surface area (Å²) in [4.78, 5) is 15.5. The van der Waals surface area contributed by atoms with Gasteiger partial charge in [-0.05, 0) is 41.0 Å². The molecular weight excluding hydrogens is 415 g/mol. The van der Waals surface area contributed by atoms with E-state index in [1.807, 2.05) is 72.8 Å². The maximum atomic E-state index is 13.7. The lowest BCUT2D eigenvalue weighted by Crippen LogP contribution is -2.38. The number of anilines is 1. The van der Waals surface area contributed by atoms with E-state index in [0.29, 0.717) is 11.4 Å². The van der Waals surface area contributed by atoms with E-state index in [1.54, 1.807) is 36.3 Å². The summed E-state index contributed by atoms with van der Waals surface area (Å²) in [5, 5.41) is 3.00. The van der Waals surface area contributed by atoms with Gasteiger partial charge in [0.05, 0.1) is 18.8 Å². The first-order valence-electron chi connectivity index (χ1n) is 10.7. The van der Waals surface area contributed by atoms with Crippen LogP contribution >= 0.6 is 0 Å². The van der Waals surface area contributed by atoms with Crippen molar-refractivity contribution in [1.82, 2.24) is 4.90 Å². The van der Waals surface area contributed by atoms with Crippen molar-refractivity contribution < 1.29 is 13.9 Å². The maximum absolute atomic E-state index is 13.7. The molecule has 2 amide bonds. The van der Waals surface area contributed by atoms with Crippen LogP contribution in [0.3, 0.4) is 0 Å². The summed E-state index contributed by atoms with van der Waals surface area (Å²) >= 11 is 0. The summed E-state index contributed by atoms with van der Waals surface area (Å²) in [6.07, 6.45) is 0. The zero-order chi connectivity index (χ0) is 23.0. The Labute approximate surface area is 193 Å². The fourth-order valence-corrected chi connectivity index (χ4v) is 3.82. The average molecular weight is 441 g/mol. The van der Waals surface area contributed by atoms with E-state index in [1.165, 1.54) is 12.1 Å². The van der Waals surface area contributed by atoms with Crippen LogP contribution in [0.5, 0.6) is 5.75 Å². The molecule has 166 valence electrons. The molecule has 4 nitrogen and oxygen atoms in total. The molecule has 0 bridgehead atoms. The third-order valence-corrected chi connectivity index (χ3v) is 5.42. The Bertz CT molecular complexity index is 1140. The number of ether oxygens (including phenoxy) is 1. The van der Waals surface area contributed by atoms with E-state index in [0.717, 1.165) is 16.7 Å². The monoisotopic (exact) mass is 440 g/mol. The van der Waals surface area contributed by atoms with E-state index < -0.39 is 0 Å². The molecule has 0 unspecified atom stereocenters. The lowest BCUT2D eigenvalue weighted by atomic mass is 9.96. The zero-order valence-corrected chi connectivity index (χ0v) is 18.3. The van der Waals surface area contributed by atoms with Crippen LogP contribution in [0.15, 0.2) is 109 Å². The molecule has 0 spiro atoms. The predicted octanol–water partition coefficient (Wildman–Crippen LogP) is 6.66. The number of amides is 2. The Balaban J connectivity index is 1.77. The van der Waals surface area contributed by atoms with Gasteiger partial charge in [-0.2, -0.15) is 0 Å². The lowest BCUT2D eigenvalue weighted by molar-refractivity contribution is 0.194. The van der Waals surface area contributed by atoms with Crippen LogP contribution in [0, 0.1) is 5.82 Å². The summed E-state index contributed by atoms with van der Waals surface area (Å²) in [6, 6.07) is 32.6. The van der Waals surface area contributed by atoms with Crippen molar-refractivity contribution >= 4 is 11.7 Å². The van der Waals surface area contributed by atoms with E-state index in [9.17, 15) is 9.18 Å². The summed E-state index contributed by atoms with van der Waals surface area (Å²) in [5.74, 6) is 0.259. The van der Waals surface area contributed by atoms with Crippen molar-refractivity contribution in [2.24, 2.45) is 0 Å². The number of hydrogen-bond donors (Lipinski definition) is 1. The summed E-state index contributed by atoms with van der Waals surface area (Å²) in [5.41, 5.74) is 3.35. The number of methoxy groups -OCH3 is 1. The predicted molar refractivity (Wildman–Crippen MR) is 129 cm³/mol. The van der Waals surface area contributed by atoms with Gasteiger partial charge in [0, 0.05) is 6.54 Å². The fourth-order valence-electron chi connectivity index (χ4n) is 3.82. The molecule has 0 aromatic heterocycles. The molecule has 0 aliphatic rings. The molecule has 0 heterocycles. The van der Waals surface area contributed by atoms with Crippen LogP contribution in [0.1, 0.15) is 22.7 Å². The number of benzene rings is 4. The molecule has 0 saturated carbocycles. The minimum atomic E-state index is -0.354. The van der Waals surface area contributed by atoms with Crippen molar-refractivity contribution in [1.29, 1.82) is 0 Å². The molecule has 0 aliphatic carbocycles. The maximum Gasteiger partial charge on any atom is 0.323 e. The fraction of sp³-hybridized carbons (Fsp3) is 0.107. The highest BCUT2D eigenvalue weighted by molar-refractivity contribution is 5.91. The van der Waals surface area contributed by atoms with Crippen molar-refractivity contribution in [3.05, 3.63) is 132 Å². The Kier molecular flexibility index (Phi) is 7.00. The molecule has 4 aromatic rings. The number of carbonyl (C=O) groups is 1. The first-order chi connectivity index (χ1) is 16.2. The summed E-state index contributed by atoms with van der Waals surface area (Å²) in [6.45, 7) is 0.287. The number of halogens is 1. The average Bonchev–Trinajstić information content (AvgIpc) is 2.86. The van der Waals surface area contributed by atoms with E-state index >= 15 is 0 Å². The molecule has 1 N–H and O–H groups in total. The second-order valence-corrected chi connectivity index (χ2v) is 7.61. The Morgan fingerprint density at radius 2 is 1.36 bits per heavy atom. The van der Waals surface area contributed by atoms with Crippen molar-refractivity contribution in [3.8, 4) is 5.75 Å². The van der Waals surface area contributed by atoms with Gasteiger partial charge >= 0.3 is 6.03 Å². The molecule has 0 fully saturated rings. The van der Waals surface area contributed by atoms with Gasteiger partial charge in [0.2, 0.25) is 0 Å². The van der Waals surface area contributed by atoms with E-state index in [4.69, 9.17) is 4.74 Å². The van der Waals surface area contributed by atoms with E-state index in [-0.39, 0.29) is 24.4 Å². The second-order valence-electron chi connectivity index (χ2n) is 7.61. The van der Waals surface area contributed by atoms with Crippen molar-refractivity contribution in [2.45, 2.75) is 12.6 Å². The van der Waals surface area contributed by atoms with Crippen LogP contribution in [0.25, 0.3) is 0 Å². The number of nitrogens with one attached hydrogen (secondary N) is 1. The summed E-state index contributed by atoms with van der Waals surface area (Å²) in [7, 11) is 1.57. The number of urea groups is 1. The number of nitrogens with zero attached hydrogens (tertiary/aromatic N) is 1. The molecule has 0 radical (unpaired) electrons.